The number of aliphatic hydroxyl groups excluding tert-OH is 1. The molecule has 0 aliphatic carbocycles. The van der Waals surface area contributed by atoms with Crippen molar-refractivity contribution in [1.29, 1.82) is 0 Å². The molecule has 0 aromatic heterocycles. The zero-order valence-corrected chi connectivity index (χ0v) is 19.6. The van der Waals surface area contributed by atoms with Crippen LogP contribution in [0, 0.1) is 0 Å². The molecular weight excluding hydrogens is 430 g/mol. The molecule has 2 N–H and O–H groups in total. The lowest BCUT2D eigenvalue weighted by Crippen LogP contribution is -2.29. The normalized spacial score (nSPS) is 17.8. The molecule has 1 aliphatic heterocycles. The number of benzene rings is 3. The molecule has 0 radical (unpaired) electrons. The average molecular weight is 458 g/mol. The minimum absolute atomic E-state index is 0.0107. The molecule has 1 amide bonds. The number of aromatic hydroxyl groups is 1. The molecule has 4 rings (SSSR count). The van der Waals surface area contributed by atoms with Gasteiger partial charge in [0.2, 0.25) is 0 Å². The molecule has 1 unspecified atom stereocenters. The van der Waals surface area contributed by atoms with Crippen LogP contribution in [0.1, 0.15) is 43.5 Å². The SMILES string of the molecule is COc1ccc(C(C)(C)C)cc1/C(O)=C1\C(=O)C(=O)N(c2ccccc2)C1c1cccc(O)c1. The molecular formula is C28H27NO5. The van der Waals surface area contributed by atoms with E-state index in [1.54, 1.807) is 48.5 Å². The van der Waals surface area contributed by atoms with E-state index in [0.29, 0.717) is 22.6 Å². The lowest BCUT2D eigenvalue weighted by atomic mass is 9.85. The number of anilines is 1. The van der Waals surface area contributed by atoms with Gasteiger partial charge in [0, 0.05) is 5.69 Å². The van der Waals surface area contributed by atoms with E-state index in [1.165, 1.54) is 24.1 Å². The fourth-order valence-electron chi connectivity index (χ4n) is 4.20. The maximum atomic E-state index is 13.3. The summed E-state index contributed by atoms with van der Waals surface area (Å²) in [5.41, 5.74) is 1.97. The maximum Gasteiger partial charge on any atom is 0.300 e. The van der Waals surface area contributed by atoms with Crippen molar-refractivity contribution in [1.82, 2.24) is 0 Å². The number of carbonyl (C=O) groups excluding carboxylic acids is 2. The van der Waals surface area contributed by atoms with Gasteiger partial charge < -0.3 is 14.9 Å². The van der Waals surface area contributed by atoms with Gasteiger partial charge in [0.1, 0.15) is 17.3 Å². The summed E-state index contributed by atoms with van der Waals surface area (Å²) >= 11 is 0. The quantitative estimate of drug-likeness (QED) is 0.314. The number of phenols is 1. The number of phenolic OH excluding ortho intramolecular Hbond substituents is 1. The molecule has 1 heterocycles. The Labute approximate surface area is 198 Å². The van der Waals surface area contributed by atoms with Crippen LogP contribution in [0.5, 0.6) is 11.5 Å². The van der Waals surface area contributed by atoms with Crippen molar-refractivity contribution in [2.75, 3.05) is 12.0 Å². The monoisotopic (exact) mass is 457 g/mol. The van der Waals surface area contributed by atoms with Crippen LogP contribution in [0.4, 0.5) is 5.69 Å². The Morgan fingerprint density at radius 1 is 0.941 bits per heavy atom. The number of rotatable bonds is 4. The molecule has 6 heteroatoms. The smallest absolute Gasteiger partial charge is 0.300 e. The number of aliphatic hydroxyl groups is 1. The van der Waals surface area contributed by atoms with Gasteiger partial charge in [-0.1, -0.05) is 57.2 Å². The molecule has 1 aliphatic rings. The van der Waals surface area contributed by atoms with Gasteiger partial charge in [-0.05, 0) is 52.9 Å². The van der Waals surface area contributed by atoms with E-state index >= 15 is 0 Å². The van der Waals surface area contributed by atoms with Gasteiger partial charge in [-0.2, -0.15) is 0 Å². The summed E-state index contributed by atoms with van der Waals surface area (Å²) in [5.74, 6) is -1.52. The molecule has 1 fully saturated rings. The first-order chi connectivity index (χ1) is 16.1. The molecule has 0 saturated carbocycles. The van der Waals surface area contributed by atoms with Crippen LogP contribution in [0.25, 0.3) is 5.76 Å². The van der Waals surface area contributed by atoms with Crippen molar-refractivity contribution in [3.05, 3.63) is 95.1 Å². The Balaban J connectivity index is 2.00. The van der Waals surface area contributed by atoms with Crippen LogP contribution >= 0.6 is 0 Å². The summed E-state index contributed by atoms with van der Waals surface area (Å²) in [6.07, 6.45) is 0. The zero-order valence-electron chi connectivity index (χ0n) is 19.6. The molecule has 6 nitrogen and oxygen atoms in total. The number of carbonyl (C=O) groups is 2. The van der Waals surface area contributed by atoms with Crippen molar-refractivity contribution >= 4 is 23.1 Å². The maximum absolute atomic E-state index is 13.3. The number of nitrogens with zero attached hydrogens (tertiary/aromatic N) is 1. The van der Waals surface area contributed by atoms with E-state index in [2.05, 4.69) is 0 Å². The number of ketones is 1. The Bertz CT molecular complexity index is 1290. The van der Waals surface area contributed by atoms with Crippen LogP contribution in [-0.4, -0.2) is 29.0 Å². The third-order valence-corrected chi connectivity index (χ3v) is 5.99. The second-order valence-electron chi connectivity index (χ2n) is 9.26. The summed E-state index contributed by atoms with van der Waals surface area (Å²) < 4.78 is 5.48. The summed E-state index contributed by atoms with van der Waals surface area (Å²) in [7, 11) is 1.48. The highest BCUT2D eigenvalue weighted by atomic mass is 16.5. The molecule has 3 aromatic rings. The third kappa shape index (κ3) is 4.03. The van der Waals surface area contributed by atoms with Crippen molar-refractivity contribution in [3.63, 3.8) is 0 Å². The van der Waals surface area contributed by atoms with Crippen LogP contribution < -0.4 is 9.64 Å². The van der Waals surface area contributed by atoms with Crippen molar-refractivity contribution in [2.24, 2.45) is 0 Å². The van der Waals surface area contributed by atoms with Gasteiger partial charge >= 0.3 is 0 Å². The van der Waals surface area contributed by atoms with Gasteiger partial charge in [-0.15, -0.1) is 0 Å². The highest BCUT2D eigenvalue weighted by molar-refractivity contribution is 6.51. The van der Waals surface area contributed by atoms with E-state index in [9.17, 15) is 19.8 Å². The topological polar surface area (TPSA) is 87.1 Å². The van der Waals surface area contributed by atoms with E-state index in [0.717, 1.165) is 5.56 Å². The van der Waals surface area contributed by atoms with Crippen LogP contribution in [0.2, 0.25) is 0 Å². The van der Waals surface area contributed by atoms with Crippen LogP contribution in [0.3, 0.4) is 0 Å². The van der Waals surface area contributed by atoms with Crippen molar-refractivity contribution < 1.29 is 24.5 Å². The standard InChI is InChI=1S/C28H27NO5/c1-28(2,3)18-13-14-22(34-4)21(16-18)25(31)23-24(17-9-8-12-20(30)15-17)29(27(33)26(23)32)19-10-6-5-7-11-19/h5-16,24,30-31H,1-4H3/b25-23+. The first-order valence-corrected chi connectivity index (χ1v) is 11.0. The lowest BCUT2D eigenvalue weighted by molar-refractivity contribution is -0.132. The predicted molar refractivity (Wildman–Crippen MR) is 131 cm³/mol. The van der Waals surface area contributed by atoms with Gasteiger partial charge in [0.25, 0.3) is 11.7 Å². The Morgan fingerprint density at radius 2 is 1.65 bits per heavy atom. The van der Waals surface area contributed by atoms with E-state index in [4.69, 9.17) is 4.74 Å². The van der Waals surface area contributed by atoms with Crippen LogP contribution in [0.15, 0.2) is 78.4 Å². The summed E-state index contributed by atoms with van der Waals surface area (Å²) in [4.78, 5) is 27.9. The van der Waals surface area contributed by atoms with E-state index < -0.39 is 17.7 Å². The minimum atomic E-state index is -0.933. The van der Waals surface area contributed by atoms with Crippen molar-refractivity contribution in [2.45, 2.75) is 32.2 Å². The number of Topliss-reactive ketones (excluding diaryl/α,β-unsaturated/α-hetero) is 1. The third-order valence-electron chi connectivity index (χ3n) is 5.99. The van der Waals surface area contributed by atoms with E-state index in [-0.39, 0.29) is 22.5 Å². The zero-order chi connectivity index (χ0) is 24.6. The number of ether oxygens (including phenoxy) is 1. The fraction of sp³-hybridized carbons (Fsp3) is 0.214. The largest absolute Gasteiger partial charge is 0.508 e. The Kier molecular flexibility index (Phi) is 5.92. The second kappa shape index (κ2) is 8.71. The number of hydrogen-bond donors (Lipinski definition) is 2. The highest BCUT2D eigenvalue weighted by Crippen LogP contribution is 2.44. The Hall–Kier alpha value is -4.06. The molecule has 3 aromatic carbocycles. The van der Waals surface area contributed by atoms with Gasteiger partial charge in [-0.3, -0.25) is 14.5 Å². The van der Waals surface area contributed by atoms with Crippen LogP contribution in [-0.2, 0) is 15.0 Å². The predicted octanol–water partition coefficient (Wildman–Crippen LogP) is 5.32. The van der Waals surface area contributed by atoms with Gasteiger partial charge in [0.15, 0.2) is 0 Å². The number of para-hydroxylation sites is 1. The summed E-state index contributed by atoms with van der Waals surface area (Å²) in [6.45, 7) is 6.12. The molecule has 34 heavy (non-hydrogen) atoms. The molecule has 1 atom stereocenters. The second-order valence-corrected chi connectivity index (χ2v) is 9.26. The van der Waals surface area contributed by atoms with E-state index in [1.807, 2.05) is 32.9 Å². The summed E-state index contributed by atoms with van der Waals surface area (Å²) in [6, 6.07) is 19.6. The molecule has 174 valence electrons. The van der Waals surface area contributed by atoms with Gasteiger partial charge in [0.05, 0.1) is 24.3 Å². The highest BCUT2D eigenvalue weighted by Gasteiger charge is 2.47. The fourth-order valence-corrected chi connectivity index (χ4v) is 4.20. The van der Waals surface area contributed by atoms with Gasteiger partial charge in [-0.25, -0.2) is 0 Å². The van der Waals surface area contributed by atoms with Crippen molar-refractivity contribution in [3.8, 4) is 11.5 Å². The lowest BCUT2D eigenvalue weighted by Gasteiger charge is -2.26. The number of hydrogen-bond acceptors (Lipinski definition) is 5. The average Bonchev–Trinajstić information content (AvgIpc) is 3.08. The molecule has 0 bridgehead atoms. The Morgan fingerprint density at radius 3 is 2.26 bits per heavy atom. The number of amides is 1. The molecule has 1 saturated heterocycles. The number of methoxy groups -OCH3 is 1. The minimum Gasteiger partial charge on any atom is -0.508 e. The molecule has 0 spiro atoms. The summed E-state index contributed by atoms with van der Waals surface area (Å²) in [5, 5.41) is 21.6. The first-order valence-electron chi connectivity index (χ1n) is 11.0. The first kappa shape index (κ1) is 23.1.